The molecule has 1 fully saturated rings. The summed E-state index contributed by atoms with van der Waals surface area (Å²) in [5.74, 6) is -0.234. The van der Waals surface area contributed by atoms with Gasteiger partial charge in [0.05, 0.1) is 5.39 Å². The van der Waals surface area contributed by atoms with E-state index in [0.717, 1.165) is 38.9 Å². The Labute approximate surface area is 163 Å². The minimum atomic E-state index is -0.281. The number of hydrogen-bond acceptors (Lipinski definition) is 4. The molecule has 144 valence electrons. The van der Waals surface area contributed by atoms with Crippen molar-refractivity contribution in [1.29, 1.82) is 0 Å². The Hall–Kier alpha value is -2.99. The quantitative estimate of drug-likeness (QED) is 0.717. The Morgan fingerprint density at radius 3 is 2.68 bits per heavy atom. The largest absolute Gasteiger partial charge is 0.347 e. The number of benzene rings is 2. The van der Waals surface area contributed by atoms with Gasteiger partial charge in [0.25, 0.3) is 11.5 Å². The second kappa shape index (κ2) is 8.35. The van der Waals surface area contributed by atoms with Crippen LogP contribution in [0.3, 0.4) is 0 Å². The Kier molecular flexibility index (Phi) is 5.48. The topological polar surface area (TPSA) is 78.1 Å². The lowest BCUT2D eigenvalue weighted by atomic mass is 10.0. The van der Waals surface area contributed by atoms with Gasteiger partial charge in [-0.1, -0.05) is 48.5 Å². The summed E-state index contributed by atoms with van der Waals surface area (Å²) in [6, 6.07) is 17.6. The van der Waals surface area contributed by atoms with Crippen molar-refractivity contribution >= 4 is 16.7 Å². The van der Waals surface area contributed by atoms with Crippen LogP contribution in [0.4, 0.5) is 0 Å². The van der Waals surface area contributed by atoms with Gasteiger partial charge in [-0.3, -0.25) is 9.59 Å². The van der Waals surface area contributed by atoms with E-state index >= 15 is 0 Å². The molecule has 1 aromatic heterocycles. The molecule has 6 nitrogen and oxygen atoms in total. The summed E-state index contributed by atoms with van der Waals surface area (Å²) >= 11 is 0. The molecule has 1 atom stereocenters. The maximum Gasteiger partial charge on any atom is 0.272 e. The highest BCUT2D eigenvalue weighted by molar-refractivity contribution is 6.04. The van der Waals surface area contributed by atoms with Gasteiger partial charge < -0.3 is 10.2 Å². The lowest BCUT2D eigenvalue weighted by molar-refractivity contribution is 0.0900. The van der Waals surface area contributed by atoms with Crippen LogP contribution >= 0.6 is 0 Å². The molecule has 3 aromatic rings. The Morgan fingerprint density at radius 1 is 1.11 bits per heavy atom. The van der Waals surface area contributed by atoms with E-state index in [-0.39, 0.29) is 23.2 Å². The SMILES string of the molecule is O=C(N[C@H]1CCCN(CCc2ccccc2)C1)c1n[nH]c(=O)c2ccccc12. The van der Waals surface area contributed by atoms with Gasteiger partial charge in [0, 0.05) is 24.5 Å². The number of H-pyrrole nitrogens is 1. The first kappa shape index (κ1) is 18.4. The lowest BCUT2D eigenvalue weighted by Crippen LogP contribution is -2.48. The monoisotopic (exact) mass is 376 g/mol. The Balaban J connectivity index is 1.41. The summed E-state index contributed by atoms with van der Waals surface area (Å²) in [4.78, 5) is 27.1. The van der Waals surface area contributed by atoms with Crippen LogP contribution in [0.5, 0.6) is 0 Å². The van der Waals surface area contributed by atoms with Gasteiger partial charge in [-0.05, 0) is 37.4 Å². The fraction of sp³-hybridized carbons (Fsp3) is 0.318. The number of fused-ring (bicyclic) bond motifs is 1. The first-order valence-electron chi connectivity index (χ1n) is 9.75. The van der Waals surface area contributed by atoms with Crippen LogP contribution in [-0.2, 0) is 6.42 Å². The van der Waals surface area contributed by atoms with Crippen LogP contribution in [0.1, 0.15) is 28.9 Å². The number of likely N-dealkylation sites (tertiary alicyclic amines) is 1. The number of aromatic amines is 1. The maximum atomic E-state index is 12.8. The molecule has 2 N–H and O–H groups in total. The van der Waals surface area contributed by atoms with Gasteiger partial charge in [0.15, 0.2) is 5.69 Å². The van der Waals surface area contributed by atoms with Crippen molar-refractivity contribution in [3.8, 4) is 0 Å². The smallest absolute Gasteiger partial charge is 0.272 e. The maximum absolute atomic E-state index is 12.8. The van der Waals surface area contributed by atoms with Crippen LogP contribution in [0.15, 0.2) is 59.4 Å². The standard InChI is InChI=1S/C22H24N4O2/c27-21-19-11-5-4-10-18(19)20(24-25-21)22(28)23-17-9-6-13-26(15-17)14-12-16-7-2-1-3-8-16/h1-5,7-8,10-11,17H,6,9,12-15H2,(H,23,28)(H,25,27)/t17-/m0/s1. The second-order valence-corrected chi connectivity index (χ2v) is 7.30. The average molecular weight is 376 g/mol. The predicted octanol–water partition coefficient (Wildman–Crippen LogP) is 2.36. The number of nitrogens with zero attached hydrogens (tertiary/aromatic N) is 2. The average Bonchev–Trinajstić information content (AvgIpc) is 2.74. The zero-order valence-electron chi connectivity index (χ0n) is 15.7. The molecule has 6 heteroatoms. The van der Waals surface area contributed by atoms with Crippen molar-refractivity contribution in [3.05, 3.63) is 76.2 Å². The van der Waals surface area contributed by atoms with E-state index in [1.807, 2.05) is 12.1 Å². The van der Waals surface area contributed by atoms with Gasteiger partial charge >= 0.3 is 0 Å². The van der Waals surface area contributed by atoms with Crippen molar-refractivity contribution in [1.82, 2.24) is 20.4 Å². The number of piperidine rings is 1. The van der Waals surface area contributed by atoms with E-state index in [4.69, 9.17) is 0 Å². The molecule has 0 spiro atoms. The number of nitrogens with one attached hydrogen (secondary N) is 2. The molecule has 1 amide bonds. The van der Waals surface area contributed by atoms with E-state index in [2.05, 4.69) is 44.7 Å². The van der Waals surface area contributed by atoms with Crippen molar-refractivity contribution in [2.45, 2.75) is 25.3 Å². The van der Waals surface area contributed by atoms with Crippen LogP contribution in [-0.4, -0.2) is 46.7 Å². The number of amides is 1. The fourth-order valence-corrected chi connectivity index (χ4v) is 3.85. The highest BCUT2D eigenvalue weighted by Crippen LogP contribution is 2.15. The molecule has 0 aliphatic carbocycles. The number of aromatic nitrogens is 2. The number of carbonyl (C=O) groups excluding carboxylic acids is 1. The molecular weight excluding hydrogens is 352 g/mol. The molecule has 0 unspecified atom stereocenters. The molecule has 28 heavy (non-hydrogen) atoms. The molecule has 0 bridgehead atoms. The molecule has 2 heterocycles. The van der Waals surface area contributed by atoms with Crippen LogP contribution in [0.2, 0.25) is 0 Å². The van der Waals surface area contributed by atoms with Crippen molar-refractivity contribution in [3.63, 3.8) is 0 Å². The minimum absolute atomic E-state index is 0.0875. The molecule has 1 aliphatic heterocycles. The third kappa shape index (κ3) is 4.12. The summed E-state index contributed by atoms with van der Waals surface area (Å²) < 4.78 is 0. The molecule has 1 aliphatic rings. The summed E-state index contributed by atoms with van der Waals surface area (Å²) in [6.45, 7) is 2.87. The van der Waals surface area contributed by atoms with Crippen molar-refractivity contribution in [2.75, 3.05) is 19.6 Å². The first-order chi connectivity index (χ1) is 13.7. The predicted molar refractivity (Wildman–Crippen MR) is 109 cm³/mol. The summed E-state index contributed by atoms with van der Waals surface area (Å²) in [5, 5.41) is 10.6. The second-order valence-electron chi connectivity index (χ2n) is 7.30. The van der Waals surface area contributed by atoms with Crippen LogP contribution < -0.4 is 10.9 Å². The van der Waals surface area contributed by atoms with E-state index in [1.165, 1.54) is 5.56 Å². The number of hydrogen-bond donors (Lipinski definition) is 2. The van der Waals surface area contributed by atoms with Gasteiger partial charge in [0.1, 0.15) is 0 Å². The van der Waals surface area contributed by atoms with Crippen LogP contribution in [0, 0.1) is 0 Å². The summed E-state index contributed by atoms with van der Waals surface area (Å²) in [5.41, 5.74) is 1.33. The summed E-state index contributed by atoms with van der Waals surface area (Å²) in [6.07, 6.45) is 3.02. The normalized spacial score (nSPS) is 17.5. The number of rotatable bonds is 5. The lowest BCUT2D eigenvalue weighted by Gasteiger charge is -2.33. The fourth-order valence-electron chi connectivity index (χ4n) is 3.85. The molecule has 2 aromatic carbocycles. The number of carbonyl (C=O) groups is 1. The molecule has 1 saturated heterocycles. The van der Waals surface area contributed by atoms with Gasteiger partial charge in [-0.25, -0.2) is 5.10 Å². The van der Waals surface area contributed by atoms with Gasteiger partial charge in [-0.2, -0.15) is 5.10 Å². The zero-order chi connectivity index (χ0) is 19.3. The summed E-state index contributed by atoms with van der Waals surface area (Å²) in [7, 11) is 0. The van der Waals surface area contributed by atoms with Crippen molar-refractivity contribution in [2.24, 2.45) is 0 Å². The van der Waals surface area contributed by atoms with E-state index in [9.17, 15) is 9.59 Å². The highest BCUT2D eigenvalue weighted by Gasteiger charge is 2.23. The molecule has 4 rings (SSSR count). The van der Waals surface area contributed by atoms with Gasteiger partial charge in [-0.15, -0.1) is 0 Å². The molecular formula is C22H24N4O2. The third-order valence-corrected chi connectivity index (χ3v) is 5.31. The minimum Gasteiger partial charge on any atom is -0.347 e. The first-order valence-corrected chi connectivity index (χ1v) is 9.75. The van der Waals surface area contributed by atoms with E-state index in [1.54, 1.807) is 18.2 Å². The van der Waals surface area contributed by atoms with E-state index < -0.39 is 0 Å². The zero-order valence-corrected chi connectivity index (χ0v) is 15.7. The van der Waals surface area contributed by atoms with E-state index in [0.29, 0.717) is 10.8 Å². The third-order valence-electron chi connectivity index (χ3n) is 5.31. The molecule has 0 saturated carbocycles. The van der Waals surface area contributed by atoms with Crippen LogP contribution in [0.25, 0.3) is 10.8 Å². The van der Waals surface area contributed by atoms with Gasteiger partial charge in [0.2, 0.25) is 0 Å². The molecule has 0 radical (unpaired) electrons. The Morgan fingerprint density at radius 2 is 1.86 bits per heavy atom. The van der Waals surface area contributed by atoms with Crippen molar-refractivity contribution < 1.29 is 4.79 Å². The Bertz CT molecular complexity index is 1020. The highest BCUT2D eigenvalue weighted by atomic mass is 16.2.